The smallest absolute Gasteiger partial charge is 0.220 e. The van der Waals surface area contributed by atoms with Crippen LogP contribution in [0.3, 0.4) is 0 Å². The first-order valence-electron chi connectivity index (χ1n) is 16.1. The van der Waals surface area contributed by atoms with Crippen LogP contribution < -0.4 is 5.32 Å². The maximum Gasteiger partial charge on any atom is 0.220 e. The zero-order chi connectivity index (χ0) is 30.3. The van der Waals surface area contributed by atoms with E-state index in [0.29, 0.717) is 12.8 Å². The van der Waals surface area contributed by atoms with E-state index in [1.165, 1.54) is 61.6 Å². The number of aryl methyl sites for hydroxylation is 2. The lowest BCUT2D eigenvalue weighted by molar-refractivity contribution is -0.122. The highest BCUT2D eigenvalue weighted by Gasteiger charge is 2.25. The van der Waals surface area contributed by atoms with Crippen molar-refractivity contribution in [2.24, 2.45) is 0 Å². The fourth-order valence-electron chi connectivity index (χ4n) is 5.41. The van der Waals surface area contributed by atoms with Crippen LogP contribution in [0, 0.1) is 13.8 Å². The third kappa shape index (κ3) is 10.7. The quantitative estimate of drug-likeness (QED) is 0.0918. The van der Waals surface area contributed by atoms with Crippen LogP contribution in [0.25, 0.3) is 5.69 Å². The van der Waals surface area contributed by atoms with Gasteiger partial charge in [-0.15, -0.1) is 10.2 Å². The maximum absolute atomic E-state index is 13.3. The first kappa shape index (κ1) is 32.5. The van der Waals surface area contributed by atoms with Crippen molar-refractivity contribution in [1.82, 2.24) is 20.1 Å². The summed E-state index contributed by atoms with van der Waals surface area (Å²) in [5, 5.41) is 13.6. The summed E-state index contributed by atoms with van der Waals surface area (Å²) in [5.41, 5.74) is 5.85. The van der Waals surface area contributed by atoms with Gasteiger partial charge in [0, 0.05) is 17.9 Å². The predicted octanol–water partition coefficient (Wildman–Crippen LogP) is 9.50. The molecule has 4 aromatic rings. The summed E-state index contributed by atoms with van der Waals surface area (Å²) in [6, 6.07) is 27.1. The zero-order valence-corrected chi connectivity index (χ0v) is 27.0. The minimum atomic E-state index is -0.296. The summed E-state index contributed by atoms with van der Waals surface area (Å²) >= 11 is 1.68. The number of benzene rings is 3. The number of rotatable bonds is 18. The summed E-state index contributed by atoms with van der Waals surface area (Å²) < 4.78 is 2.13. The van der Waals surface area contributed by atoms with Gasteiger partial charge in [-0.1, -0.05) is 148 Å². The molecule has 5 nitrogen and oxygen atoms in total. The van der Waals surface area contributed by atoms with Gasteiger partial charge in [0.1, 0.15) is 0 Å². The van der Waals surface area contributed by atoms with Gasteiger partial charge in [-0.2, -0.15) is 0 Å². The lowest BCUT2D eigenvalue weighted by atomic mass is 10.0. The number of unbranched alkanes of at least 4 members (excludes halogenated alkanes) is 8. The van der Waals surface area contributed by atoms with Gasteiger partial charge in [0.15, 0.2) is 11.0 Å². The first-order chi connectivity index (χ1) is 21.0. The highest BCUT2D eigenvalue weighted by atomic mass is 32.2. The molecule has 0 spiro atoms. The molecule has 1 unspecified atom stereocenters. The summed E-state index contributed by atoms with van der Waals surface area (Å²) in [6.07, 6.45) is 12.3. The number of carbonyl (C=O) groups excluding carboxylic acids is 1. The fraction of sp³-hybridized carbons (Fsp3) is 0.432. The molecule has 0 aliphatic rings. The molecule has 0 aliphatic heterocycles. The van der Waals surface area contributed by atoms with Gasteiger partial charge in [0.2, 0.25) is 5.91 Å². The molecule has 4 rings (SSSR count). The summed E-state index contributed by atoms with van der Waals surface area (Å²) in [5.74, 6) is 1.64. The van der Waals surface area contributed by atoms with Crippen LogP contribution in [0.15, 0.2) is 84.0 Å². The van der Waals surface area contributed by atoms with Crippen molar-refractivity contribution >= 4 is 17.7 Å². The first-order valence-corrected chi connectivity index (χ1v) is 17.1. The van der Waals surface area contributed by atoms with Gasteiger partial charge < -0.3 is 5.32 Å². The van der Waals surface area contributed by atoms with Crippen molar-refractivity contribution in [2.45, 2.75) is 108 Å². The van der Waals surface area contributed by atoms with Gasteiger partial charge in [-0.25, -0.2) is 0 Å². The third-order valence-corrected chi connectivity index (χ3v) is 8.84. The predicted molar refractivity (Wildman–Crippen MR) is 180 cm³/mol. The second kappa shape index (κ2) is 17.7. The normalized spacial score (nSPS) is 11.9. The van der Waals surface area contributed by atoms with E-state index < -0.39 is 0 Å². The Morgan fingerprint density at radius 1 is 0.767 bits per heavy atom. The Balaban J connectivity index is 1.50. The molecular formula is C37H48N4OS. The van der Waals surface area contributed by atoms with Crippen LogP contribution in [0.1, 0.15) is 105 Å². The largest absolute Gasteiger partial charge is 0.346 e. The molecule has 6 heteroatoms. The second-order valence-electron chi connectivity index (χ2n) is 11.7. The van der Waals surface area contributed by atoms with Crippen molar-refractivity contribution in [3.05, 3.63) is 107 Å². The van der Waals surface area contributed by atoms with E-state index in [4.69, 9.17) is 5.10 Å². The van der Waals surface area contributed by atoms with E-state index in [0.717, 1.165) is 40.8 Å². The number of nitrogens with one attached hydrogen (secondary N) is 1. The van der Waals surface area contributed by atoms with Gasteiger partial charge in [-0.3, -0.25) is 9.36 Å². The minimum absolute atomic E-state index is 0.0799. The lowest BCUT2D eigenvalue weighted by Crippen LogP contribution is -2.31. The van der Waals surface area contributed by atoms with Crippen molar-refractivity contribution in [3.8, 4) is 5.69 Å². The van der Waals surface area contributed by atoms with Crippen molar-refractivity contribution < 1.29 is 4.79 Å². The van der Waals surface area contributed by atoms with Crippen LogP contribution in [0.5, 0.6) is 0 Å². The highest BCUT2D eigenvalue weighted by Crippen LogP contribution is 2.29. The number of hydrogen-bond acceptors (Lipinski definition) is 4. The SMILES string of the molecule is CCCCCCCCCCCC(=O)NC(Cc1ccccc1)c1nnc(SCc2cccc(C)c2)n1-c1ccc(C)cc1. The van der Waals surface area contributed by atoms with E-state index in [9.17, 15) is 4.79 Å². The van der Waals surface area contributed by atoms with Crippen LogP contribution in [-0.2, 0) is 17.0 Å². The molecule has 43 heavy (non-hydrogen) atoms. The van der Waals surface area contributed by atoms with Crippen LogP contribution in [0.2, 0.25) is 0 Å². The molecule has 0 bridgehead atoms. The standard InChI is InChI=1S/C37H48N4OS/c1-4-5-6-7-8-9-10-11-15-21-35(42)38-34(27-31-18-13-12-14-19-31)36-39-40-37(41(36)33-24-22-29(2)23-25-33)43-28-32-20-16-17-30(3)26-32/h12-14,16-20,22-26,34H,4-11,15,21,27-28H2,1-3H3,(H,38,42). The molecule has 0 saturated heterocycles. The Bertz CT molecular complexity index is 1380. The number of nitrogens with zero attached hydrogens (tertiary/aromatic N) is 3. The van der Waals surface area contributed by atoms with E-state index in [1.54, 1.807) is 11.8 Å². The van der Waals surface area contributed by atoms with Crippen molar-refractivity contribution in [1.29, 1.82) is 0 Å². The molecule has 1 amide bonds. The number of amides is 1. The molecule has 0 radical (unpaired) electrons. The van der Waals surface area contributed by atoms with E-state index in [-0.39, 0.29) is 11.9 Å². The topological polar surface area (TPSA) is 59.8 Å². The minimum Gasteiger partial charge on any atom is -0.346 e. The Kier molecular flexibility index (Phi) is 13.4. The van der Waals surface area contributed by atoms with Crippen molar-refractivity contribution in [3.63, 3.8) is 0 Å². The number of thioether (sulfide) groups is 1. The Hall–Kier alpha value is -3.38. The number of carbonyl (C=O) groups is 1. The Labute approximate surface area is 262 Å². The summed E-state index contributed by atoms with van der Waals surface area (Å²) in [7, 11) is 0. The van der Waals surface area contributed by atoms with Crippen LogP contribution in [-0.4, -0.2) is 20.7 Å². The highest BCUT2D eigenvalue weighted by molar-refractivity contribution is 7.98. The monoisotopic (exact) mass is 596 g/mol. The Morgan fingerprint density at radius 2 is 1.44 bits per heavy atom. The molecule has 0 aliphatic carbocycles. The summed E-state index contributed by atoms with van der Waals surface area (Å²) in [6.45, 7) is 6.47. The van der Waals surface area contributed by atoms with E-state index in [1.807, 2.05) is 18.2 Å². The average molecular weight is 597 g/mol. The van der Waals surface area contributed by atoms with E-state index >= 15 is 0 Å². The molecule has 1 heterocycles. The molecule has 1 N–H and O–H groups in total. The van der Waals surface area contributed by atoms with Crippen LogP contribution >= 0.6 is 11.8 Å². The maximum atomic E-state index is 13.3. The molecule has 3 aromatic carbocycles. The average Bonchev–Trinajstić information content (AvgIpc) is 3.44. The third-order valence-electron chi connectivity index (χ3n) is 7.84. The zero-order valence-electron chi connectivity index (χ0n) is 26.2. The second-order valence-corrected chi connectivity index (χ2v) is 12.6. The number of aromatic nitrogens is 3. The molecule has 1 aromatic heterocycles. The van der Waals surface area contributed by atoms with Crippen molar-refractivity contribution in [2.75, 3.05) is 0 Å². The molecule has 228 valence electrons. The molecule has 1 atom stereocenters. The number of hydrogen-bond donors (Lipinski definition) is 1. The molecular weight excluding hydrogens is 549 g/mol. The summed E-state index contributed by atoms with van der Waals surface area (Å²) in [4.78, 5) is 13.3. The Morgan fingerprint density at radius 3 is 2.14 bits per heavy atom. The van der Waals surface area contributed by atoms with Gasteiger partial charge in [-0.05, 0) is 49.9 Å². The van der Waals surface area contributed by atoms with E-state index in [2.05, 4.69) is 96.4 Å². The van der Waals surface area contributed by atoms with Gasteiger partial charge in [0.05, 0.1) is 6.04 Å². The van der Waals surface area contributed by atoms with Gasteiger partial charge in [0.25, 0.3) is 0 Å². The van der Waals surface area contributed by atoms with Gasteiger partial charge >= 0.3 is 0 Å². The molecule has 0 saturated carbocycles. The lowest BCUT2D eigenvalue weighted by Gasteiger charge is -2.20. The fourth-order valence-corrected chi connectivity index (χ4v) is 6.31. The molecule has 0 fully saturated rings. The van der Waals surface area contributed by atoms with Crippen LogP contribution in [0.4, 0.5) is 0 Å².